The first-order valence-electron chi connectivity index (χ1n) is 9.35. The van der Waals surface area contributed by atoms with E-state index >= 15 is 0 Å². The van der Waals surface area contributed by atoms with Crippen LogP contribution in [0.1, 0.15) is 11.1 Å². The first kappa shape index (κ1) is 21.4. The molecule has 0 saturated heterocycles. The maximum absolute atomic E-state index is 12.1. The van der Waals surface area contributed by atoms with Gasteiger partial charge >= 0.3 is 0 Å². The molecule has 0 fully saturated rings. The predicted octanol–water partition coefficient (Wildman–Crippen LogP) is 4.93. The van der Waals surface area contributed by atoms with Gasteiger partial charge in [-0.25, -0.2) is 5.43 Å². The van der Waals surface area contributed by atoms with Gasteiger partial charge in [0.1, 0.15) is 5.75 Å². The molecule has 156 valence electrons. The molecule has 2 N–H and O–H groups in total. The molecule has 31 heavy (non-hydrogen) atoms. The molecule has 0 aliphatic rings. The van der Waals surface area contributed by atoms with Crippen molar-refractivity contribution in [2.75, 3.05) is 5.75 Å². The van der Waals surface area contributed by atoms with Gasteiger partial charge in [0.2, 0.25) is 0 Å². The molecule has 0 saturated carbocycles. The second-order valence-corrected chi connectivity index (χ2v) is 9.83. The summed E-state index contributed by atoms with van der Waals surface area (Å²) in [5, 5.41) is 24.3. The molecule has 1 aromatic heterocycles. The van der Waals surface area contributed by atoms with Crippen LogP contribution in [0.25, 0.3) is 10.8 Å². The molecule has 0 aliphatic carbocycles. The van der Waals surface area contributed by atoms with Crippen LogP contribution in [0.2, 0.25) is 0 Å². The molecule has 0 atom stereocenters. The number of aromatic hydroxyl groups is 1. The van der Waals surface area contributed by atoms with E-state index in [1.807, 2.05) is 48.5 Å². The average molecular weight is 467 g/mol. The molecular formula is C22H18N4O2S3. The zero-order chi connectivity index (χ0) is 21.5. The van der Waals surface area contributed by atoms with Gasteiger partial charge in [-0.15, -0.1) is 10.2 Å². The van der Waals surface area contributed by atoms with E-state index in [0.29, 0.717) is 5.56 Å². The standard InChI is InChI=1S/C22H18N4O2S3/c27-19-11-10-16-8-4-5-9-17(16)18(19)12-23-24-20(28)14-30-22-26-25-21(31-22)29-13-15-6-2-1-3-7-15/h1-12,27H,13-14H2,(H,24,28). The van der Waals surface area contributed by atoms with Gasteiger partial charge in [0.05, 0.1) is 12.0 Å². The number of fused-ring (bicyclic) bond motifs is 1. The molecule has 3 aromatic carbocycles. The maximum Gasteiger partial charge on any atom is 0.250 e. The van der Waals surface area contributed by atoms with E-state index in [0.717, 1.165) is 25.2 Å². The number of rotatable bonds is 8. The zero-order valence-corrected chi connectivity index (χ0v) is 18.7. The quantitative estimate of drug-likeness (QED) is 0.217. The molecule has 6 nitrogen and oxygen atoms in total. The van der Waals surface area contributed by atoms with Gasteiger partial charge in [0, 0.05) is 11.3 Å². The molecule has 4 rings (SSSR count). The van der Waals surface area contributed by atoms with Crippen molar-refractivity contribution in [2.45, 2.75) is 14.4 Å². The number of nitrogens with one attached hydrogen (secondary N) is 1. The van der Waals surface area contributed by atoms with Crippen LogP contribution in [0.4, 0.5) is 0 Å². The normalized spacial score (nSPS) is 11.2. The lowest BCUT2D eigenvalue weighted by atomic mass is 10.0. The highest BCUT2D eigenvalue weighted by Crippen LogP contribution is 2.30. The third-order valence-electron chi connectivity index (χ3n) is 4.25. The van der Waals surface area contributed by atoms with E-state index in [2.05, 4.69) is 32.9 Å². The molecule has 1 amide bonds. The third-order valence-corrected chi connectivity index (χ3v) is 7.51. The SMILES string of the molecule is O=C(CSc1nnc(SCc2ccccc2)s1)NN=Cc1c(O)ccc2ccccc12. The molecule has 0 radical (unpaired) electrons. The number of hydrogen-bond acceptors (Lipinski definition) is 8. The van der Waals surface area contributed by atoms with Crippen molar-refractivity contribution in [3.63, 3.8) is 0 Å². The van der Waals surface area contributed by atoms with Gasteiger partial charge < -0.3 is 5.11 Å². The molecule has 0 spiro atoms. The Morgan fingerprint density at radius 3 is 2.58 bits per heavy atom. The van der Waals surface area contributed by atoms with Crippen molar-refractivity contribution in [1.82, 2.24) is 15.6 Å². The monoisotopic (exact) mass is 466 g/mol. The molecule has 0 unspecified atom stereocenters. The highest BCUT2D eigenvalue weighted by molar-refractivity contribution is 8.03. The summed E-state index contributed by atoms with van der Waals surface area (Å²) in [4.78, 5) is 12.1. The number of carbonyl (C=O) groups excluding carboxylic acids is 1. The van der Waals surface area contributed by atoms with E-state index in [1.54, 1.807) is 17.8 Å². The number of thioether (sulfide) groups is 2. The number of hydrazone groups is 1. The highest BCUT2D eigenvalue weighted by atomic mass is 32.2. The molecule has 0 aliphatic heterocycles. The minimum Gasteiger partial charge on any atom is -0.507 e. The summed E-state index contributed by atoms with van der Waals surface area (Å²) in [7, 11) is 0. The smallest absolute Gasteiger partial charge is 0.250 e. The first-order valence-corrected chi connectivity index (χ1v) is 12.1. The Morgan fingerprint density at radius 2 is 1.74 bits per heavy atom. The number of amides is 1. The molecule has 0 bridgehead atoms. The lowest BCUT2D eigenvalue weighted by Gasteiger charge is -2.04. The largest absolute Gasteiger partial charge is 0.507 e. The van der Waals surface area contributed by atoms with E-state index in [-0.39, 0.29) is 17.4 Å². The van der Waals surface area contributed by atoms with Crippen LogP contribution in [0, 0.1) is 0 Å². The number of hydrogen-bond donors (Lipinski definition) is 2. The van der Waals surface area contributed by atoms with Crippen molar-refractivity contribution >= 4 is 57.8 Å². The van der Waals surface area contributed by atoms with Crippen LogP contribution < -0.4 is 5.43 Å². The van der Waals surface area contributed by atoms with Gasteiger partial charge in [-0.2, -0.15) is 5.10 Å². The number of phenols is 1. The Morgan fingerprint density at radius 1 is 1.00 bits per heavy atom. The summed E-state index contributed by atoms with van der Waals surface area (Å²) in [6.45, 7) is 0. The fraction of sp³-hybridized carbons (Fsp3) is 0.0909. The van der Waals surface area contributed by atoms with Gasteiger partial charge in [0.15, 0.2) is 8.68 Å². The van der Waals surface area contributed by atoms with Crippen LogP contribution in [0.15, 0.2) is 80.5 Å². The number of phenolic OH excluding ortho intramolecular Hbond substituents is 1. The second-order valence-electron chi connectivity index (χ2n) is 6.41. The first-order chi connectivity index (χ1) is 15.2. The van der Waals surface area contributed by atoms with Crippen LogP contribution in [-0.2, 0) is 10.5 Å². The van der Waals surface area contributed by atoms with Crippen LogP contribution in [0.3, 0.4) is 0 Å². The van der Waals surface area contributed by atoms with E-state index in [4.69, 9.17) is 0 Å². The Kier molecular flexibility index (Phi) is 7.18. The number of aromatic nitrogens is 2. The second kappa shape index (κ2) is 10.4. The maximum atomic E-state index is 12.1. The zero-order valence-electron chi connectivity index (χ0n) is 16.3. The molecule has 9 heteroatoms. The van der Waals surface area contributed by atoms with Crippen LogP contribution in [-0.4, -0.2) is 33.2 Å². The molecule has 1 heterocycles. The highest BCUT2D eigenvalue weighted by Gasteiger charge is 2.09. The Bertz CT molecular complexity index is 1210. The fourth-order valence-electron chi connectivity index (χ4n) is 2.78. The fourth-order valence-corrected chi connectivity index (χ4v) is 5.55. The summed E-state index contributed by atoms with van der Waals surface area (Å²) >= 11 is 4.42. The Labute approximate surface area is 191 Å². The van der Waals surface area contributed by atoms with Crippen molar-refractivity contribution in [2.24, 2.45) is 5.10 Å². The summed E-state index contributed by atoms with van der Waals surface area (Å²) in [5.74, 6) is 0.864. The molecular weight excluding hydrogens is 448 g/mol. The van der Waals surface area contributed by atoms with Gasteiger partial charge in [-0.05, 0) is 22.4 Å². The van der Waals surface area contributed by atoms with Crippen molar-refractivity contribution < 1.29 is 9.90 Å². The third kappa shape index (κ3) is 5.84. The minimum absolute atomic E-state index is 0.112. The van der Waals surface area contributed by atoms with Gasteiger partial charge in [-0.3, -0.25) is 4.79 Å². The van der Waals surface area contributed by atoms with E-state index in [9.17, 15) is 9.90 Å². The predicted molar refractivity (Wildman–Crippen MR) is 128 cm³/mol. The van der Waals surface area contributed by atoms with Gasteiger partial charge in [-0.1, -0.05) is 95.5 Å². The lowest BCUT2D eigenvalue weighted by Crippen LogP contribution is -2.19. The van der Waals surface area contributed by atoms with Crippen molar-refractivity contribution in [3.05, 3.63) is 77.9 Å². The average Bonchev–Trinajstić information content (AvgIpc) is 3.26. The topological polar surface area (TPSA) is 87.5 Å². The van der Waals surface area contributed by atoms with Crippen LogP contribution >= 0.6 is 34.9 Å². The Balaban J connectivity index is 1.27. The van der Waals surface area contributed by atoms with Gasteiger partial charge in [0.25, 0.3) is 5.91 Å². The molecule has 4 aromatic rings. The Hall–Kier alpha value is -2.88. The number of nitrogens with zero attached hydrogens (tertiary/aromatic N) is 3. The minimum atomic E-state index is -0.255. The number of carbonyl (C=O) groups is 1. The van der Waals surface area contributed by atoms with E-state index in [1.165, 1.54) is 34.9 Å². The summed E-state index contributed by atoms with van der Waals surface area (Å²) in [6.07, 6.45) is 1.46. The summed E-state index contributed by atoms with van der Waals surface area (Å²) in [6, 6.07) is 21.3. The summed E-state index contributed by atoms with van der Waals surface area (Å²) in [5.41, 5.74) is 4.29. The van der Waals surface area contributed by atoms with E-state index < -0.39 is 0 Å². The van der Waals surface area contributed by atoms with Crippen molar-refractivity contribution in [3.8, 4) is 5.75 Å². The van der Waals surface area contributed by atoms with Crippen LogP contribution in [0.5, 0.6) is 5.75 Å². The summed E-state index contributed by atoms with van der Waals surface area (Å²) < 4.78 is 1.61. The van der Waals surface area contributed by atoms with Crippen molar-refractivity contribution in [1.29, 1.82) is 0 Å². The lowest BCUT2D eigenvalue weighted by molar-refractivity contribution is -0.118. The number of benzene rings is 3.